The smallest absolute Gasteiger partial charge is 0.176 e. The minimum atomic E-state index is -1.65. The highest BCUT2D eigenvalue weighted by Gasteiger charge is 2.53. The average molecular weight is 635 g/mol. The van der Waals surface area contributed by atoms with E-state index in [0.717, 1.165) is 0 Å². The molecular weight excluding hydrogens is 588 g/mol. The lowest BCUT2D eigenvalue weighted by atomic mass is 9.94. The molecule has 9 unspecified atom stereocenters. The molecule has 3 fully saturated rings. The minimum absolute atomic E-state index is 0.360. The van der Waals surface area contributed by atoms with Gasteiger partial charge in [-0.1, -0.05) is 0 Å². The van der Waals surface area contributed by atoms with Crippen LogP contribution in [0.3, 0.4) is 0 Å². The molecule has 20 heteroatoms. The molecule has 3 heterocycles. The molecule has 0 aromatic heterocycles. The molecule has 0 radical (unpaired) electrons. The van der Waals surface area contributed by atoms with E-state index >= 15 is 0 Å². The van der Waals surface area contributed by atoms with E-state index in [2.05, 4.69) is 0 Å². The summed E-state index contributed by atoms with van der Waals surface area (Å²) in [6.45, 7) is -3.37. The quantitative estimate of drug-likeness (QED) is 0.0893. The van der Waals surface area contributed by atoms with Crippen molar-refractivity contribution in [1.29, 1.82) is 0 Å². The van der Waals surface area contributed by atoms with Gasteiger partial charge in [-0.05, 0) is 0 Å². The van der Waals surface area contributed by atoms with Crippen LogP contribution in [0.4, 0.5) is 0 Å². The van der Waals surface area contributed by atoms with Gasteiger partial charge in [0.15, 0.2) is 18.9 Å². The van der Waals surface area contributed by atoms with Crippen molar-refractivity contribution in [3.8, 4) is 0 Å². The molecule has 43 heavy (non-hydrogen) atoms. The maximum absolute atomic E-state index is 11.0. The van der Waals surface area contributed by atoms with Gasteiger partial charge < -0.3 is 102 Å². The van der Waals surface area contributed by atoms with Gasteiger partial charge in [-0.3, -0.25) is 0 Å². The number of hydrogen-bond acceptors (Lipinski definition) is 20. The van der Waals surface area contributed by atoms with Crippen molar-refractivity contribution in [1.82, 2.24) is 0 Å². The van der Waals surface area contributed by atoms with E-state index < -0.39 is 137 Å². The van der Waals surface area contributed by atoms with Crippen LogP contribution in [-0.2, 0) is 28.4 Å². The van der Waals surface area contributed by atoms with Crippen molar-refractivity contribution in [2.75, 3.05) is 33.0 Å². The van der Waals surface area contributed by atoms with Crippen molar-refractivity contribution in [3.05, 3.63) is 0 Å². The summed E-state index contributed by atoms with van der Waals surface area (Å²) in [7, 11) is 0. The third-order valence-electron chi connectivity index (χ3n) is 7.79. The molecule has 18 atom stereocenters. The van der Waals surface area contributed by atoms with Crippen LogP contribution in [0.25, 0.3) is 0 Å². The van der Waals surface area contributed by atoms with Gasteiger partial charge in [-0.2, -0.15) is 0 Å². The predicted molar refractivity (Wildman–Crippen MR) is 138 cm³/mol. The number of aliphatic hydroxyl groups is 10. The van der Waals surface area contributed by atoms with Crippen LogP contribution in [0.1, 0.15) is 0 Å². The molecule has 0 aliphatic carbocycles. The van der Waals surface area contributed by atoms with E-state index in [1.165, 1.54) is 0 Å². The van der Waals surface area contributed by atoms with E-state index in [9.17, 15) is 51.1 Å². The molecule has 0 aromatic rings. The zero-order valence-electron chi connectivity index (χ0n) is 23.2. The van der Waals surface area contributed by atoms with Crippen LogP contribution in [-0.4, -0.2) is 194 Å². The SMILES string of the molecule is NC[C@H](O)[C@@H](O[C@@H]1OC(CO)C(O[C@H]2OC(CO)[C@H](O[C@@H]3OC(CO)C(O)[C@H](O)C3N)C(O)[C@H]2N)[C@H](O)C1N)C(O)CO. The van der Waals surface area contributed by atoms with Gasteiger partial charge in [0.1, 0.15) is 67.1 Å². The number of rotatable bonds is 13. The van der Waals surface area contributed by atoms with Crippen LogP contribution in [0.2, 0.25) is 0 Å². The fraction of sp³-hybridized carbons (Fsp3) is 1.00. The molecule has 3 aliphatic heterocycles. The second-order valence-electron chi connectivity index (χ2n) is 10.7. The second kappa shape index (κ2) is 16.2. The third-order valence-corrected chi connectivity index (χ3v) is 7.79. The Balaban J connectivity index is 1.71. The summed E-state index contributed by atoms with van der Waals surface area (Å²) < 4.78 is 33.7. The van der Waals surface area contributed by atoms with Gasteiger partial charge in [0, 0.05) is 6.54 Å². The Labute approximate surface area is 246 Å². The van der Waals surface area contributed by atoms with Gasteiger partial charge >= 0.3 is 0 Å². The summed E-state index contributed by atoms with van der Waals surface area (Å²) in [4.78, 5) is 0. The first-order valence-corrected chi connectivity index (χ1v) is 13.8. The largest absolute Gasteiger partial charge is 0.394 e. The van der Waals surface area contributed by atoms with Crippen LogP contribution in [0, 0.1) is 0 Å². The van der Waals surface area contributed by atoms with E-state index in [-0.39, 0.29) is 6.54 Å². The maximum atomic E-state index is 11.0. The summed E-state index contributed by atoms with van der Waals surface area (Å²) >= 11 is 0. The van der Waals surface area contributed by atoms with Crippen molar-refractivity contribution < 1.29 is 79.5 Å². The lowest BCUT2D eigenvalue weighted by molar-refractivity contribution is -0.353. The Morgan fingerprint density at radius 1 is 0.581 bits per heavy atom. The first kappa shape index (κ1) is 36.7. The molecule has 20 nitrogen and oxygen atoms in total. The number of aliphatic hydroxyl groups excluding tert-OH is 10. The highest BCUT2D eigenvalue weighted by molar-refractivity contribution is 4.99. The fourth-order valence-corrected chi connectivity index (χ4v) is 5.12. The normalized spacial score (nSPS) is 46.3. The Morgan fingerprint density at radius 2 is 1.00 bits per heavy atom. The second-order valence-corrected chi connectivity index (χ2v) is 10.7. The van der Waals surface area contributed by atoms with Crippen molar-refractivity contribution in [2.24, 2.45) is 22.9 Å². The molecule has 0 saturated carbocycles. The standard InChI is InChI=1S/C23H46N4O16/c24-1-6(32)18(7(33)2-28)41-22-12(26)16(36)20(9(4-30)39-22)43-23-13(27)17(37)19(10(5-31)40-23)42-21-11(25)15(35)14(34)8(3-29)38-21/h6-23,28-37H,1-5,24-27H2/t6-,7?,8?,9?,10?,11?,12?,13+,14?,15+,16+,17?,18+,19-,20?,21-,22-,23+/m0/s1. The van der Waals surface area contributed by atoms with E-state index in [0.29, 0.717) is 0 Å². The minimum Gasteiger partial charge on any atom is -0.394 e. The van der Waals surface area contributed by atoms with Crippen LogP contribution in [0.5, 0.6) is 0 Å². The monoisotopic (exact) mass is 634 g/mol. The molecule has 3 aliphatic rings. The lowest BCUT2D eigenvalue weighted by Crippen LogP contribution is -2.69. The zero-order valence-corrected chi connectivity index (χ0v) is 23.2. The van der Waals surface area contributed by atoms with E-state index in [1.807, 2.05) is 0 Å². The summed E-state index contributed by atoms with van der Waals surface area (Å²) in [5, 5.41) is 101. The summed E-state index contributed by atoms with van der Waals surface area (Å²) in [5.74, 6) is 0. The number of hydrogen-bond donors (Lipinski definition) is 14. The van der Waals surface area contributed by atoms with Crippen molar-refractivity contribution in [3.63, 3.8) is 0 Å². The van der Waals surface area contributed by atoms with Gasteiger partial charge in [0.25, 0.3) is 0 Å². The van der Waals surface area contributed by atoms with Crippen molar-refractivity contribution in [2.45, 2.75) is 110 Å². The number of ether oxygens (including phenoxy) is 6. The first-order valence-electron chi connectivity index (χ1n) is 13.8. The number of nitrogens with two attached hydrogens (primary N) is 4. The average Bonchev–Trinajstić information content (AvgIpc) is 3.01. The molecule has 3 saturated heterocycles. The summed E-state index contributed by atoms with van der Waals surface area (Å²) in [6, 6.07) is -4.15. The molecule has 0 amide bonds. The Morgan fingerprint density at radius 3 is 1.44 bits per heavy atom. The molecule has 254 valence electrons. The fourth-order valence-electron chi connectivity index (χ4n) is 5.12. The lowest BCUT2D eigenvalue weighted by Gasteiger charge is -2.49. The molecule has 3 rings (SSSR count). The Bertz CT molecular complexity index is 824. The van der Waals surface area contributed by atoms with Gasteiger partial charge in [-0.15, -0.1) is 0 Å². The maximum Gasteiger partial charge on any atom is 0.176 e. The Hall–Kier alpha value is -0.800. The van der Waals surface area contributed by atoms with Gasteiger partial charge in [0.2, 0.25) is 0 Å². The van der Waals surface area contributed by atoms with E-state index in [4.69, 9.17) is 51.4 Å². The third kappa shape index (κ3) is 7.96. The van der Waals surface area contributed by atoms with Crippen LogP contribution >= 0.6 is 0 Å². The Kier molecular flexibility index (Phi) is 13.8. The first-order chi connectivity index (χ1) is 20.3. The van der Waals surface area contributed by atoms with Gasteiger partial charge in [-0.25, -0.2) is 0 Å². The molecule has 18 N–H and O–H groups in total. The van der Waals surface area contributed by atoms with Crippen LogP contribution in [0.15, 0.2) is 0 Å². The highest BCUT2D eigenvalue weighted by atomic mass is 16.7. The highest BCUT2D eigenvalue weighted by Crippen LogP contribution is 2.32. The van der Waals surface area contributed by atoms with E-state index in [1.54, 1.807) is 0 Å². The van der Waals surface area contributed by atoms with Gasteiger partial charge in [0.05, 0.1) is 50.7 Å². The molecule has 0 spiro atoms. The van der Waals surface area contributed by atoms with Crippen LogP contribution < -0.4 is 22.9 Å². The van der Waals surface area contributed by atoms with Crippen molar-refractivity contribution >= 4 is 0 Å². The molecule has 0 aromatic carbocycles. The zero-order chi connectivity index (χ0) is 32.2. The predicted octanol–water partition coefficient (Wildman–Crippen LogP) is -9.61. The summed E-state index contributed by atoms with van der Waals surface area (Å²) in [6.07, 6.45) is -22.2. The summed E-state index contributed by atoms with van der Waals surface area (Å²) in [5.41, 5.74) is 23.6. The molecule has 0 bridgehead atoms. The molecular formula is C23H46N4O16. The topological polar surface area (TPSA) is 362 Å².